The van der Waals surface area contributed by atoms with E-state index in [9.17, 15) is 86.8 Å². The molecule has 143 heavy (non-hydrogen) atoms. The zero-order valence-corrected chi connectivity index (χ0v) is 85.5. The van der Waals surface area contributed by atoms with Gasteiger partial charge in [0.1, 0.15) is 63.6 Å². The van der Waals surface area contributed by atoms with Crippen molar-refractivity contribution < 1.29 is 115 Å². The highest BCUT2D eigenvalue weighted by molar-refractivity contribution is 8.14. The van der Waals surface area contributed by atoms with Crippen LogP contribution in [0.25, 0.3) is 16.7 Å². The van der Waals surface area contributed by atoms with E-state index in [1.165, 1.54) is 72.4 Å². The summed E-state index contributed by atoms with van der Waals surface area (Å²) in [6.45, 7) is 16.6. The fraction of sp³-hybridized carbons (Fsp3) is 0.490. The summed E-state index contributed by atoms with van der Waals surface area (Å²) in [5.41, 5.74) is 12.4. The number of nitro groups is 1. The number of nitro benzene ring substituents is 1. The molecule has 7 N–H and O–H groups in total. The number of nitrogens with one attached hydrogen (secondary N) is 2. The molecule has 11 aliphatic rings. The number of rotatable bonds is 17. The third kappa shape index (κ3) is 30.3. The molecule has 3 heterocycles. The second-order valence-electron chi connectivity index (χ2n) is 37.4. The van der Waals surface area contributed by atoms with Gasteiger partial charge in [0.2, 0.25) is 0 Å². The van der Waals surface area contributed by atoms with Gasteiger partial charge in [-0.1, -0.05) is 133 Å². The third-order valence-electron chi connectivity index (χ3n) is 25.6. The Hall–Kier alpha value is -10.7. The van der Waals surface area contributed by atoms with Crippen LogP contribution in [0.2, 0.25) is 0 Å². The highest BCUT2D eigenvalue weighted by Crippen LogP contribution is 2.55. The van der Waals surface area contributed by atoms with Crippen LogP contribution in [-0.2, 0) is 73.8 Å². The van der Waals surface area contributed by atoms with Gasteiger partial charge >= 0.3 is 45.7 Å². The number of alkyl carbamates (subject to hydrolysis) is 2. The van der Waals surface area contributed by atoms with Crippen LogP contribution in [0.15, 0.2) is 176 Å². The van der Waals surface area contributed by atoms with E-state index in [4.69, 9.17) is 52.1 Å². The number of halogens is 10. The highest BCUT2D eigenvalue weighted by atomic mass is 35.5. The Morgan fingerprint density at radius 2 is 0.923 bits per heavy atom. The van der Waals surface area contributed by atoms with Gasteiger partial charge in [0.25, 0.3) is 5.69 Å². The number of hydrogen-bond donors (Lipinski definition) is 5. The third-order valence-corrected chi connectivity index (χ3v) is 29.9. The molecule has 0 spiro atoms. The van der Waals surface area contributed by atoms with E-state index in [1.807, 2.05) is 30.3 Å². The van der Waals surface area contributed by atoms with Crippen LogP contribution >= 0.6 is 46.9 Å². The predicted octanol–water partition coefficient (Wildman–Crippen LogP) is 24.1. The number of aliphatic hydroxyl groups is 1. The van der Waals surface area contributed by atoms with Crippen molar-refractivity contribution in [2.24, 2.45) is 44.4 Å². The van der Waals surface area contributed by atoms with Crippen molar-refractivity contribution in [3.8, 4) is 0 Å². The first-order valence-electron chi connectivity index (χ1n) is 47.9. The van der Waals surface area contributed by atoms with E-state index in [0.717, 1.165) is 166 Å². The number of carbonyl (C=O) groups excluding carboxylic acids is 6. The number of carbonyl (C=O) groups is 6. The van der Waals surface area contributed by atoms with Crippen LogP contribution in [0.4, 0.5) is 60.5 Å². The minimum Gasteiger partial charge on any atom is -0.465 e. The van der Waals surface area contributed by atoms with Crippen LogP contribution in [-0.4, -0.2) is 136 Å². The summed E-state index contributed by atoms with van der Waals surface area (Å²) in [4.78, 5) is 93.9. The zero-order valence-electron chi connectivity index (χ0n) is 81.5. The number of anilines is 1. The summed E-state index contributed by atoms with van der Waals surface area (Å²) in [7, 11) is -5.73. The fourth-order valence-corrected chi connectivity index (χ4v) is 23.5. The number of nitrogens with zero attached hydrogens (tertiary/aromatic N) is 4. The number of ether oxygens (including phenoxy) is 5. The molecule has 0 saturated heterocycles. The number of ketones is 1. The van der Waals surface area contributed by atoms with E-state index in [0.29, 0.717) is 106 Å². The van der Waals surface area contributed by atoms with Crippen molar-refractivity contribution in [1.82, 2.24) is 10.6 Å². The Morgan fingerprint density at radius 3 is 1.38 bits per heavy atom. The van der Waals surface area contributed by atoms with Crippen molar-refractivity contribution in [2.45, 2.75) is 250 Å². The molecule has 7 atom stereocenters. The number of nitrogens with two attached hydrogens (primary N) is 2. The number of amidine groups is 3. The van der Waals surface area contributed by atoms with Crippen molar-refractivity contribution in [3.05, 3.63) is 240 Å². The number of nitrogen functional groups attached to an aromatic ring is 1. The van der Waals surface area contributed by atoms with E-state index >= 15 is 0 Å². The number of aliphatic imine (C=N–C) groups is 3. The first-order chi connectivity index (χ1) is 67.8. The van der Waals surface area contributed by atoms with Crippen molar-refractivity contribution in [1.29, 1.82) is 0 Å². The molecule has 0 radical (unpaired) electrons. The minimum atomic E-state index is -5.73. The van der Waals surface area contributed by atoms with Crippen LogP contribution < -0.4 is 22.1 Å². The van der Waals surface area contributed by atoms with Crippen LogP contribution in [0, 0.1) is 68.7 Å². The molecule has 39 heteroatoms. The number of fused-ring (bicyclic) bond motifs is 3. The summed E-state index contributed by atoms with van der Waals surface area (Å²) in [5.74, 6) is -0.278. The SMILES string of the molecule is CC(C)(C)OC(=O)NC1=N[C@@]2(c3cc(N)ccc3F)CCC[C@H]2CS1.CC(C)(C)OC(=O)NC1=N[C@@]2(c3cc([N+](=O)[O-])ccc3F)CCC[C@H]2CS1.CCOC(=O)C1=C(OS(=O)(=O)C(F)(F)F)CCC1.CCOC(=O)C1=C(c2ccccc2F)CCC1.CCOC(=O)C1CCCC1=O.Fc1ccccc1C1=C(CCl)CCC1.NC1=N[C@@]2(c3ccccc3F)CCC[C@H]2CS1.OCC1=C(c2ccccc2F)CCC1. The van der Waals surface area contributed by atoms with E-state index in [-0.39, 0.29) is 107 Å². The Morgan fingerprint density at radius 1 is 0.503 bits per heavy atom. The molecule has 0 aromatic heterocycles. The van der Waals surface area contributed by atoms with Gasteiger partial charge in [-0.25, -0.2) is 45.5 Å². The summed E-state index contributed by atoms with van der Waals surface area (Å²) in [5, 5.41) is 27.0. The minimum absolute atomic E-state index is 0.0382. The molecule has 0 bridgehead atoms. The van der Waals surface area contributed by atoms with Gasteiger partial charge in [-0.2, -0.15) is 21.6 Å². The summed E-state index contributed by atoms with van der Waals surface area (Å²) in [6, 6.07) is 35.4. The lowest BCUT2D eigenvalue weighted by atomic mass is 9.81. The smallest absolute Gasteiger partial charge is 0.465 e. The van der Waals surface area contributed by atoms with E-state index in [1.54, 1.807) is 122 Å². The van der Waals surface area contributed by atoms with E-state index in [2.05, 4.69) is 29.5 Å². The Labute approximate surface area is 845 Å². The molecular weight excluding hydrogens is 1970 g/mol. The molecule has 3 aliphatic heterocycles. The summed E-state index contributed by atoms with van der Waals surface area (Å²) < 4.78 is 171. The van der Waals surface area contributed by atoms with Gasteiger partial charge in [-0.15, -0.1) is 11.6 Å². The van der Waals surface area contributed by atoms with Gasteiger partial charge in [-0.05, 0) is 273 Å². The maximum Gasteiger partial charge on any atom is 0.534 e. The normalized spacial score (nSPS) is 22.0. The van der Waals surface area contributed by atoms with Crippen molar-refractivity contribution in [3.63, 3.8) is 0 Å². The monoisotopic (exact) mass is 2090 g/mol. The number of non-ortho nitro benzene ring substituents is 1. The van der Waals surface area contributed by atoms with Gasteiger partial charge in [-0.3, -0.25) is 45.3 Å². The second kappa shape index (κ2) is 51.9. The molecule has 2 amide bonds. The molecule has 6 aromatic rings. The van der Waals surface area contributed by atoms with Crippen molar-refractivity contribution >= 4 is 136 Å². The van der Waals surface area contributed by atoms with Crippen molar-refractivity contribution in [2.75, 3.05) is 55.3 Å². The van der Waals surface area contributed by atoms with Gasteiger partial charge in [0.05, 0.1) is 53.5 Å². The molecule has 17 rings (SSSR count). The number of benzene rings is 6. The number of thioether (sulfide) groups is 3. The molecule has 8 aliphatic carbocycles. The van der Waals surface area contributed by atoms with Gasteiger partial charge in [0.15, 0.2) is 15.5 Å². The molecule has 6 aromatic carbocycles. The first kappa shape index (κ1) is 114. The maximum atomic E-state index is 14.7. The lowest BCUT2D eigenvalue weighted by molar-refractivity contribution is -0.385. The zero-order chi connectivity index (χ0) is 104. The van der Waals surface area contributed by atoms with Gasteiger partial charge < -0.3 is 44.4 Å². The Kier molecular flexibility index (Phi) is 41.5. The predicted molar refractivity (Wildman–Crippen MR) is 538 cm³/mol. The molecule has 776 valence electrons. The standard InChI is InChI=1S/C18H22FN3O4S.C18H24FN3O2S.C14H15FO2.C13H15FN2S.C12H12ClF.C12H13FO.C9H11F3O5S.C8H12O3/c1-17(2,3)26-16(23)20-15-21-18(8-4-5-11(18)10-27-15)13-9-12(22(24)25)6-7-14(13)19;1-17(2,3)24-16(23)21-15-22-18(8-4-5-11(18)10-25-15)13-9-12(20)6-7-14(13)19;1-2-17-14(16)12-8-5-7-10(12)11-6-3-4-9-13(11)15;14-11-6-2-1-5-10(11)13-7-3-4-9(13)8-17-12(15)16-13;13-8-9-4-3-6-10(9)11-5-1-2-7-12(11)14;13-12-7-2-1-5-11(12)10-6-3-4-9(10)8-14;1-2-16-8(13)6-4-3-5-7(6)17-18(14,15)9(10,11)12;1-2-11-8(10)6-4-3-5-7(6)9/h6-7,9,11H,4-5,8,10H2,1-3H3,(H,20,21,23);6-7,9,11H,4-5,8,10,20H2,1-3H3,(H,21,22,23);3-4,6,9H,2,5,7-8H2,1H3;1-2,5-6,9H,3-4,7-8H2,(H2,15,16);1-2,5,7H,3-4,6,8H2;1-2,5,7,14H,3-4,6,8H2;2-5H2,1H3;6H,2-5H2,1H3/t2*11-,18-;;9-,13-;;;;/m00.0..../s1. The lowest BCUT2D eigenvalue weighted by Gasteiger charge is -2.37. The summed E-state index contributed by atoms with van der Waals surface area (Å²) >= 11 is 10.3. The molecule has 1 unspecified atom stereocenters. The van der Waals surface area contributed by atoms with Crippen LogP contribution in [0.3, 0.4) is 0 Å². The second-order valence-corrected chi connectivity index (χ2v) is 42.3. The average Bonchev–Trinajstić information content (AvgIpc) is 1.67. The number of amides is 2. The Balaban J connectivity index is 0.000000170. The molecule has 4 saturated carbocycles. The molecular formula is C104H124ClF9N8O17S4. The first-order valence-corrected chi connectivity index (χ1v) is 52.8. The van der Waals surface area contributed by atoms with E-state index < -0.39 is 78.5 Å². The lowest BCUT2D eigenvalue weighted by Crippen LogP contribution is -2.42. The summed E-state index contributed by atoms with van der Waals surface area (Å²) in [6.07, 6.45) is 17.7. The van der Waals surface area contributed by atoms with Gasteiger partial charge in [0, 0.05) is 92.8 Å². The average molecular weight is 2090 g/mol. The fourth-order valence-electron chi connectivity index (χ4n) is 19.2. The quantitative estimate of drug-likeness (QED) is 0.00541. The molecule has 25 nitrogen and oxygen atoms in total. The number of esters is 3. The number of Topliss-reactive ketones (excluding diaryl/α,β-unsaturated/α-hetero) is 1. The largest absolute Gasteiger partial charge is 0.534 e. The number of hydrogen-bond acceptors (Lipinski definition) is 25. The number of alkyl halides is 4. The number of allylic oxidation sites excluding steroid dienone is 5. The van der Waals surface area contributed by atoms with Crippen LogP contribution in [0.1, 0.15) is 250 Å². The number of aliphatic hydroxyl groups excluding tert-OH is 1. The highest BCUT2D eigenvalue weighted by Gasteiger charge is 2.53. The topological polar surface area (TPSA) is 368 Å². The molecule has 4 fully saturated rings. The Bertz CT molecular complexity index is 5860. The maximum absolute atomic E-state index is 14.7. The van der Waals surface area contributed by atoms with Crippen LogP contribution in [0.5, 0.6) is 0 Å².